The van der Waals surface area contributed by atoms with Crippen molar-refractivity contribution in [3.8, 4) is 11.5 Å². The van der Waals surface area contributed by atoms with E-state index in [1.165, 1.54) is 83.5 Å². The van der Waals surface area contributed by atoms with Crippen LogP contribution in [0.15, 0.2) is 54.7 Å². The lowest BCUT2D eigenvalue weighted by Gasteiger charge is -2.29. The molecule has 0 fully saturated rings. The van der Waals surface area contributed by atoms with Gasteiger partial charge in [-0.2, -0.15) is 0 Å². The lowest BCUT2D eigenvalue weighted by atomic mass is 9.81. The molecule has 2 unspecified atom stereocenters. The Morgan fingerprint density at radius 3 is 1.72 bits per heavy atom. The normalized spacial score (nSPS) is 13.2. The molecule has 0 spiro atoms. The lowest BCUT2D eigenvalue weighted by molar-refractivity contribution is -0.709. The molecule has 0 N–H and O–H groups in total. The van der Waals surface area contributed by atoms with E-state index in [-0.39, 0.29) is 10.8 Å². The number of unbranched alkanes of at least 4 members (excludes halogenated alkanes) is 13. The number of para-hydroxylation sites is 1. The van der Waals surface area contributed by atoms with Gasteiger partial charge in [-0.05, 0) is 41.5 Å². The van der Waals surface area contributed by atoms with Crippen LogP contribution in [0.2, 0.25) is 0 Å². The van der Waals surface area contributed by atoms with Crippen molar-refractivity contribution < 1.29 is 23.5 Å². The van der Waals surface area contributed by atoms with Gasteiger partial charge in [0.25, 0.3) is 0 Å². The molecule has 5 nitrogen and oxygen atoms in total. The average Bonchev–Trinajstić information content (AvgIpc) is 3.00. The average molecular weight is 651 g/mol. The number of nitrogens with zero attached hydrogens (tertiary/aromatic N) is 1. The maximum atomic E-state index is 12.7. The van der Waals surface area contributed by atoms with E-state index in [2.05, 4.69) is 54.5 Å². The highest BCUT2D eigenvalue weighted by molar-refractivity contribution is 7.36. The topological polar surface area (TPSA) is 62.5 Å². The summed E-state index contributed by atoms with van der Waals surface area (Å²) in [6.45, 7) is 15.8. The minimum Gasteiger partial charge on any atom is -0.587 e. The van der Waals surface area contributed by atoms with Crippen LogP contribution in [0.4, 0.5) is 0 Å². The first-order valence-corrected chi connectivity index (χ1v) is 19.2. The van der Waals surface area contributed by atoms with Crippen LogP contribution in [0.3, 0.4) is 0 Å². The maximum Gasteiger partial charge on any atom is 0.493 e. The van der Waals surface area contributed by atoms with Gasteiger partial charge in [0.05, 0.1) is 6.61 Å². The van der Waals surface area contributed by atoms with Crippen LogP contribution in [-0.2, 0) is 15.4 Å². The Bertz CT molecular complexity index is 1350. The molecular formula is C40H61NO4P+. The summed E-state index contributed by atoms with van der Waals surface area (Å²) >= 11 is 0. The van der Waals surface area contributed by atoms with Crippen LogP contribution in [0, 0.1) is 0 Å². The summed E-state index contributed by atoms with van der Waals surface area (Å²) < 4.78 is 27.3. The van der Waals surface area contributed by atoms with Gasteiger partial charge >= 0.3 is 14.0 Å². The van der Waals surface area contributed by atoms with E-state index in [0.717, 1.165) is 34.2 Å². The van der Waals surface area contributed by atoms with Crippen LogP contribution >= 0.6 is 8.03 Å². The Balaban J connectivity index is 1.63. The summed E-state index contributed by atoms with van der Waals surface area (Å²) in [5, 5.41) is 0.953. The van der Waals surface area contributed by atoms with Crippen molar-refractivity contribution in [3.63, 3.8) is 0 Å². The molecule has 0 saturated carbocycles. The predicted molar refractivity (Wildman–Crippen MR) is 191 cm³/mol. The van der Waals surface area contributed by atoms with E-state index in [9.17, 15) is 9.46 Å². The summed E-state index contributed by atoms with van der Waals surface area (Å²) in [6.07, 6.45) is 20.4. The molecule has 6 heteroatoms. The first kappa shape index (κ1) is 38.0. The summed E-state index contributed by atoms with van der Waals surface area (Å²) in [5.41, 5.74) is 2.24. The molecule has 0 bridgehead atoms. The zero-order chi connectivity index (χ0) is 33.6. The number of hydrogen-bond acceptors (Lipinski definition) is 4. The summed E-state index contributed by atoms with van der Waals surface area (Å²) in [4.78, 5) is 12.7. The molecule has 1 heterocycles. The highest BCUT2D eigenvalue weighted by atomic mass is 31.1. The van der Waals surface area contributed by atoms with E-state index in [1.54, 1.807) is 10.8 Å². The van der Waals surface area contributed by atoms with Gasteiger partial charge in [0, 0.05) is 28.6 Å². The van der Waals surface area contributed by atoms with Gasteiger partial charge in [-0.25, -0.2) is 0 Å². The molecule has 3 aromatic rings. The molecule has 0 aliphatic carbocycles. The zero-order valence-electron chi connectivity index (χ0n) is 29.9. The van der Waals surface area contributed by atoms with E-state index in [1.807, 2.05) is 42.5 Å². The molecule has 2 aromatic carbocycles. The van der Waals surface area contributed by atoms with Crippen molar-refractivity contribution in [2.24, 2.45) is 0 Å². The number of benzene rings is 2. The molecule has 0 aliphatic rings. The second kappa shape index (κ2) is 18.7. The lowest BCUT2D eigenvalue weighted by Crippen LogP contribution is -2.42. The van der Waals surface area contributed by atoms with Gasteiger partial charge in [-0.3, -0.25) is 0 Å². The highest BCUT2D eigenvalue weighted by Gasteiger charge is 2.38. The highest BCUT2D eigenvalue weighted by Crippen LogP contribution is 2.43. The first-order valence-electron chi connectivity index (χ1n) is 17.9. The second-order valence-corrected chi connectivity index (χ2v) is 16.0. The number of hydrogen-bond donors (Lipinski definition) is 0. The number of fused-ring (bicyclic) bond motifs is 1. The third-order valence-corrected chi connectivity index (χ3v) is 9.56. The van der Waals surface area contributed by atoms with Gasteiger partial charge in [0.2, 0.25) is 5.52 Å². The Morgan fingerprint density at radius 1 is 0.696 bits per heavy atom. The molecular weight excluding hydrogens is 589 g/mol. The fourth-order valence-electron chi connectivity index (χ4n) is 6.12. The smallest absolute Gasteiger partial charge is 0.493 e. The van der Waals surface area contributed by atoms with Crippen LogP contribution < -0.4 is 18.9 Å². The molecule has 0 amide bonds. The largest absolute Gasteiger partial charge is 0.587 e. The molecule has 3 rings (SSSR count). The zero-order valence-corrected chi connectivity index (χ0v) is 30.8. The molecule has 46 heavy (non-hydrogen) atoms. The van der Waals surface area contributed by atoms with Crippen LogP contribution in [0.1, 0.15) is 155 Å². The van der Waals surface area contributed by atoms with Gasteiger partial charge in [-0.15, -0.1) is 4.57 Å². The van der Waals surface area contributed by atoms with Gasteiger partial charge in [0.15, 0.2) is 6.20 Å². The van der Waals surface area contributed by atoms with Crippen LogP contribution in [0.5, 0.6) is 11.5 Å². The molecule has 0 radical (unpaired) electrons. The summed E-state index contributed by atoms with van der Waals surface area (Å²) in [6, 6.07) is 15.7. The van der Waals surface area contributed by atoms with Crippen molar-refractivity contribution in [3.05, 3.63) is 65.9 Å². The number of aromatic nitrogens is 1. The molecule has 254 valence electrons. The monoisotopic (exact) mass is 650 g/mol. The van der Waals surface area contributed by atoms with Crippen LogP contribution in [0.25, 0.3) is 10.9 Å². The molecule has 0 saturated heterocycles. The Morgan fingerprint density at radius 2 is 1.17 bits per heavy atom. The third-order valence-electron chi connectivity index (χ3n) is 8.84. The Labute approximate surface area is 281 Å². The number of pyridine rings is 1. The van der Waals surface area contributed by atoms with E-state index in [0.29, 0.717) is 12.4 Å². The van der Waals surface area contributed by atoms with E-state index in [4.69, 9.17) is 9.47 Å². The maximum absolute atomic E-state index is 12.7. The fourth-order valence-corrected chi connectivity index (χ4v) is 6.72. The predicted octanol–water partition coefficient (Wildman–Crippen LogP) is 11.2. The van der Waals surface area contributed by atoms with Crippen molar-refractivity contribution in [2.45, 2.75) is 155 Å². The van der Waals surface area contributed by atoms with Crippen molar-refractivity contribution >= 4 is 18.9 Å². The van der Waals surface area contributed by atoms with Gasteiger partial charge in [-0.1, -0.05) is 149 Å². The fraction of sp³-hybridized carbons (Fsp3) is 0.625. The van der Waals surface area contributed by atoms with Gasteiger partial charge < -0.3 is 14.4 Å². The first-order chi connectivity index (χ1) is 21.9. The molecule has 0 aliphatic heterocycles. The van der Waals surface area contributed by atoms with E-state index < -0.39 is 14.0 Å². The third kappa shape index (κ3) is 11.9. The van der Waals surface area contributed by atoms with E-state index >= 15 is 0 Å². The molecule has 1 aromatic heterocycles. The SMILES string of the molecule is CCCCCCCCCCCCCCCCOc1cc(C(C)(C)C)c(OC([n+]2cccc3ccccc32)[P+](=O)[O-])cc1C(C)(C)C. The second-order valence-electron chi connectivity index (χ2n) is 15.0. The number of rotatable bonds is 20. The summed E-state index contributed by atoms with van der Waals surface area (Å²) in [7, 11) is -2.95. The Hall–Kier alpha value is -2.49. The number of ether oxygens (including phenoxy) is 2. The van der Waals surface area contributed by atoms with Crippen LogP contribution in [-0.4, -0.2) is 6.61 Å². The van der Waals surface area contributed by atoms with Crippen molar-refractivity contribution in [1.82, 2.24) is 0 Å². The summed E-state index contributed by atoms with van der Waals surface area (Å²) in [5.74, 6) is 0.253. The van der Waals surface area contributed by atoms with Crippen molar-refractivity contribution in [2.75, 3.05) is 6.61 Å². The molecule has 2 atom stereocenters. The minimum absolute atomic E-state index is 0.221. The van der Waals surface area contributed by atoms with Gasteiger partial charge in [0.1, 0.15) is 11.5 Å². The standard InChI is InChI=1S/C40H61NO4P/c1-8-9-10-11-12-13-14-15-16-17-18-19-20-23-29-44-36-30-34(40(5,6)7)37(31-33(36)39(2,3)4)45-38(46(42)43)41-28-24-26-32-25-21-22-27-35(32)41/h21-22,24-28,30-31,38H,8-20,23,29H2,1-7H3/q+1. The Kier molecular flexibility index (Phi) is 15.5. The quantitative estimate of drug-likeness (QED) is 0.0693. The minimum atomic E-state index is -2.95. The van der Waals surface area contributed by atoms with Crippen molar-refractivity contribution in [1.29, 1.82) is 0 Å².